The lowest BCUT2D eigenvalue weighted by Gasteiger charge is -2.14. The zero-order valence-corrected chi connectivity index (χ0v) is 14.7. The molecule has 11 heteroatoms. The fraction of sp³-hybridized carbons (Fsp3) is 0.111. The van der Waals surface area contributed by atoms with Crippen molar-refractivity contribution in [3.63, 3.8) is 0 Å². The number of benzene rings is 1. The van der Waals surface area contributed by atoms with Crippen molar-refractivity contribution in [1.82, 2.24) is 24.6 Å². The fourth-order valence-electron chi connectivity index (χ4n) is 3.03. The number of nitrogen functional groups attached to an aromatic ring is 1. The second-order valence-corrected chi connectivity index (χ2v) is 6.23. The maximum Gasteiger partial charge on any atom is 0.433 e. The number of nitrogens with two attached hydrogens (primary N) is 1. The molecule has 0 saturated carbocycles. The third kappa shape index (κ3) is 3.35. The average Bonchev–Trinajstić information content (AvgIpc) is 3.09. The van der Waals surface area contributed by atoms with E-state index in [2.05, 4.69) is 20.1 Å². The van der Waals surface area contributed by atoms with Crippen LogP contribution in [0.15, 0.2) is 36.7 Å². The van der Waals surface area contributed by atoms with E-state index in [9.17, 15) is 22.0 Å². The van der Waals surface area contributed by atoms with Crippen molar-refractivity contribution in [2.75, 3.05) is 5.73 Å². The molecular formula is C18H11F5N6. The van der Waals surface area contributed by atoms with Crippen molar-refractivity contribution in [3.8, 4) is 22.4 Å². The molecule has 0 fully saturated rings. The van der Waals surface area contributed by atoms with Gasteiger partial charge in [-0.2, -0.15) is 22.8 Å². The number of alkyl halides is 3. The third-order valence-corrected chi connectivity index (χ3v) is 4.12. The van der Waals surface area contributed by atoms with Crippen LogP contribution in [-0.4, -0.2) is 24.6 Å². The molecule has 1 aromatic carbocycles. The van der Waals surface area contributed by atoms with Crippen LogP contribution in [0.4, 0.5) is 27.9 Å². The quantitative estimate of drug-likeness (QED) is 0.508. The van der Waals surface area contributed by atoms with Crippen LogP contribution in [0.25, 0.3) is 28.0 Å². The molecule has 0 radical (unpaired) electrons. The zero-order chi connectivity index (χ0) is 20.9. The highest BCUT2D eigenvalue weighted by atomic mass is 19.4. The maximum absolute atomic E-state index is 13.8. The summed E-state index contributed by atoms with van der Waals surface area (Å²) in [4.78, 5) is 11.7. The molecule has 29 heavy (non-hydrogen) atoms. The summed E-state index contributed by atoms with van der Waals surface area (Å²) in [5, 5.41) is 3.90. The lowest BCUT2D eigenvalue weighted by Crippen LogP contribution is -2.10. The van der Waals surface area contributed by atoms with Crippen molar-refractivity contribution in [3.05, 3.63) is 59.7 Å². The van der Waals surface area contributed by atoms with E-state index >= 15 is 0 Å². The smallest absolute Gasteiger partial charge is 0.368 e. The van der Waals surface area contributed by atoms with Gasteiger partial charge in [-0.3, -0.25) is 0 Å². The molecule has 4 aromatic rings. The van der Waals surface area contributed by atoms with E-state index in [1.54, 1.807) is 0 Å². The van der Waals surface area contributed by atoms with Crippen LogP contribution in [0.2, 0.25) is 0 Å². The van der Waals surface area contributed by atoms with Gasteiger partial charge in [-0.05, 0) is 36.8 Å². The van der Waals surface area contributed by atoms with Gasteiger partial charge in [0.25, 0.3) is 0 Å². The van der Waals surface area contributed by atoms with Crippen LogP contribution in [0.1, 0.15) is 11.4 Å². The van der Waals surface area contributed by atoms with E-state index < -0.39 is 23.5 Å². The molecule has 2 N–H and O–H groups in total. The Kier molecular flexibility index (Phi) is 4.17. The van der Waals surface area contributed by atoms with Gasteiger partial charge in [0.15, 0.2) is 5.65 Å². The lowest BCUT2D eigenvalue weighted by atomic mass is 9.99. The Balaban J connectivity index is 2.10. The number of nitrogens with zero attached hydrogens (tertiary/aromatic N) is 5. The maximum atomic E-state index is 13.8. The summed E-state index contributed by atoms with van der Waals surface area (Å²) in [5.74, 6) is -1.91. The number of anilines is 1. The van der Waals surface area contributed by atoms with Gasteiger partial charge in [0, 0.05) is 17.3 Å². The topological polar surface area (TPSA) is 82.0 Å². The van der Waals surface area contributed by atoms with Gasteiger partial charge in [0.1, 0.15) is 23.7 Å². The highest BCUT2D eigenvalue weighted by Gasteiger charge is 2.33. The standard InChI is InChI=1S/C18H11F5N6/c1-8-2-9(5-13(27-8)18(21,22)23)14-15(10-3-11(19)6-12(20)4-10)28-17(24)29-16(14)25-7-26-29/h2-7H,1H3,(H2,24,28). The monoisotopic (exact) mass is 406 g/mol. The van der Waals surface area contributed by atoms with Crippen LogP contribution in [0.3, 0.4) is 0 Å². The molecule has 0 aliphatic rings. The number of pyridine rings is 1. The first-order valence-corrected chi connectivity index (χ1v) is 8.15. The minimum atomic E-state index is -4.70. The van der Waals surface area contributed by atoms with Crippen molar-refractivity contribution >= 4 is 11.6 Å². The van der Waals surface area contributed by atoms with E-state index in [1.807, 2.05) is 0 Å². The molecule has 0 aliphatic heterocycles. The highest BCUT2D eigenvalue weighted by Crippen LogP contribution is 2.37. The van der Waals surface area contributed by atoms with Crippen molar-refractivity contribution in [2.24, 2.45) is 0 Å². The van der Waals surface area contributed by atoms with Gasteiger partial charge in [-0.1, -0.05) is 0 Å². The van der Waals surface area contributed by atoms with Gasteiger partial charge in [0.05, 0.1) is 11.3 Å². The minimum absolute atomic E-state index is 0.0160. The number of hydrogen-bond donors (Lipinski definition) is 1. The number of hydrogen-bond acceptors (Lipinski definition) is 5. The fourth-order valence-corrected chi connectivity index (χ4v) is 3.03. The van der Waals surface area contributed by atoms with Gasteiger partial charge in [-0.15, -0.1) is 0 Å². The van der Waals surface area contributed by atoms with Gasteiger partial charge < -0.3 is 5.73 Å². The van der Waals surface area contributed by atoms with E-state index in [1.165, 1.54) is 13.0 Å². The van der Waals surface area contributed by atoms with Crippen LogP contribution in [-0.2, 0) is 6.18 Å². The lowest BCUT2D eigenvalue weighted by molar-refractivity contribution is -0.141. The van der Waals surface area contributed by atoms with Crippen LogP contribution >= 0.6 is 0 Å². The van der Waals surface area contributed by atoms with Crippen LogP contribution in [0.5, 0.6) is 0 Å². The Morgan fingerprint density at radius 2 is 1.62 bits per heavy atom. The molecule has 0 spiro atoms. The summed E-state index contributed by atoms with van der Waals surface area (Å²) in [6.07, 6.45) is -3.55. The summed E-state index contributed by atoms with van der Waals surface area (Å²) >= 11 is 0. The third-order valence-electron chi connectivity index (χ3n) is 4.12. The van der Waals surface area contributed by atoms with E-state index in [0.29, 0.717) is 6.07 Å². The number of halogens is 5. The van der Waals surface area contributed by atoms with Crippen LogP contribution < -0.4 is 5.73 Å². The molecular weight excluding hydrogens is 395 g/mol. The summed E-state index contributed by atoms with van der Waals surface area (Å²) < 4.78 is 68.6. The Hall–Kier alpha value is -3.63. The molecule has 148 valence electrons. The molecule has 0 unspecified atom stereocenters. The Bertz CT molecular complexity index is 1230. The second kappa shape index (κ2) is 6.47. The molecule has 3 aromatic heterocycles. The number of aromatic nitrogens is 5. The Morgan fingerprint density at radius 3 is 2.28 bits per heavy atom. The largest absolute Gasteiger partial charge is 0.433 e. The van der Waals surface area contributed by atoms with Gasteiger partial charge >= 0.3 is 6.18 Å². The van der Waals surface area contributed by atoms with Crippen molar-refractivity contribution in [2.45, 2.75) is 13.1 Å². The number of fused-ring (bicyclic) bond motifs is 1. The average molecular weight is 406 g/mol. The molecule has 0 bridgehead atoms. The molecule has 4 rings (SSSR count). The first kappa shape index (κ1) is 18.7. The molecule has 0 saturated heterocycles. The number of rotatable bonds is 2. The zero-order valence-electron chi connectivity index (χ0n) is 14.7. The molecule has 0 atom stereocenters. The first-order valence-electron chi connectivity index (χ1n) is 8.15. The predicted molar refractivity (Wildman–Crippen MR) is 93.5 cm³/mol. The number of aryl methyl sites for hydroxylation is 1. The minimum Gasteiger partial charge on any atom is -0.368 e. The van der Waals surface area contributed by atoms with E-state index in [0.717, 1.165) is 29.0 Å². The Labute approximate surface area is 159 Å². The second-order valence-electron chi connectivity index (χ2n) is 6.23. The van der Waals surface area contributed by atoms with Gasteiger partial charge in [-0.25, -0.2) is 23.7 Å². The summed E-state index contributed by atoms with van der Waals surface area (Å²) in [6.45, 7) is 1.39. The van der Waals surface area contributed by atoms with Gasteiger partial charge in [0.2, 0.25) is 5.95 Å². The van der Waals surface area contributed by atoms with E-state index in [4.69, 9.17) is 5.73 Å². The predicted octanol–water partition coefficient (Wildman–Crippen LogP) is 4.04. The summed E-state index contributed by atoms with van der Waals surface area (Å²) in [6, 6.07) is 4.87. The molecule has 0 aliphatic carbocycles. The van der Waals surface area contributed by atoms with Crippen molar-refractivity contribution in [1.29, 1.82) is 0 Å². The highest BCUT2D eigenvalue weighted by molar-refractivity contribution is 5.90. The van der Waals surface area contributed by atoms with Crippen molar-refractivity contribution < 1.29 is 22.0 Å². The first-order chi connectivity index (χ1) is 13.6. The summed E-state index contributed by atoms with van der Waals surface area (Å²) in [7, 11) is 0. The normalized spacial score (nSPS) is 11.9. The van der Waals surface area contributed by atoms with Crippen LogP contribution in [0, 0.1) is 18.6 Å². The SMILES string of the molecule is Cc1cc(-c2c(-c3cc(F)cc(F)c3)nc(N)n3ncnc23)cc(C(F)(F)F)n1. The molecule has 6 nitrogen and oxygen atoms in total. The molecule has 0 amide bonds. The van der Waals surface area contributed by atoms with E-state index in [-0.39, 0.29) is 39.7 Å². The Morgan fingerprint density at radius 1 is 0.931 bits per heavy atom. The molecule has 3 heterocycles. The summed E-state index contributed by atoms with van der Waals surface area (Å²) in [5.41, 5.74) is 4.97.